The molecule has 0 radical (unpaired) electrons. The minimum absolute atomic E-state index is 0.0868. The van der Waals surface area contributed by atoms with E-state index in [1.165, 1.54) is 83.7 Å². The van der Waals surface area contributed by atoms with Crippen molar-refractivity contribution < 1.29 is 0 Å². The van der Waals surface area contributed by atoms with Crippen molar-refractivity contribution in [2.24, 2.45) is 0 Å². The molecule has 52 heavy (non-hydrogen) atoms. The van der Waals surface area contributed by atoms with Gasteiger partial charge in [0, 0.05) is 16.8 Å². The third-order valence-electron chi connectivity index (χ3n) is 11.1. The number of fused-ring (bicyclic) bond motifs is 3. The van der Waals surface area contributed by atoms with E-state index in [0.29, 0.717) is 0 Å². The summed E-state index contributed by atoms with van der Waals surface area (Å²) in [5, 5.41) is 0. The van der Waals surface area contributed by atoms with E-state index in [4.69, 9.17) is 0 Å². The molecule has 1 aliphatic rings. The Morgan fingerprint density at radius 3 is 1.48 bits per heavy atom. The first-order valence-electron chi connectivity index (χ1n) is 18.5. The molecule has 1 aliphatic carbocycles. The molecule has 0 spiro atoms. The molecule has 1 nitrogen and oxygen atoms in total. The van der Waals surface area contributed by atoms with Crippen LogP contribution in [0.3, 0.4) is 0 Å². The predicted molar refractivity (Wildman–Crippen MR) is 223 cm³/mol. The zero-order valence-corrected chi connectivity index (χ0v) is 31.5. The van der Waals surface area contributed by atoms with Crippen LogP contribution in [0.4, 0.5) is 17.1 Å². The molecule has 0 bridgehead atoms. The average Bonchev–Trinajstić information content (AvgIpc) is 3.39. The number of rotatable bonds is 6. The summed E-state index contributed by atoms with van der Waals surface area (Å²) < 4.78 is 0. The highest BCUT2D eigenvalue weighted by Gasteiger charge is 2.36. The zero-order valence-electron chi connectivity index (χ0n) is 31.5. The molecule has 0 aliphatic heterocycles. The molecule has 0 heterocycles. The van der Waals surface area contributed by atoms with E-state index in [0.717, 1.165) is 5.69 Å². The van der Waals surface area contributed by atoms with Crippen LogP contribution in [0, 0.1) is 13.8 Å². The normalized spacial score (nSPS) is 13.1. The van der Waals surface area contributed by atoms with Crippen LogP contribution in [-0.2, 0) is 10.8 Å². The SMILES string of the molecule is Cc1cc(-c2ccc(C(C)(C)C)cc2)cc(C)c1N(c1ccc(-c2ccc(-c3ccccc3)cc2)cc1)c1ccc2c(c1)C(C)(C)c1ccccc1-2. The van der Waals surface area contributed by atoms with Crippen LogP contribution in [0.5, 0.6) is 0 Å². The first-order chi connectivity index (χ1) is 25.0. The van der Waals surface area contributed by atoms with E-state index in [2.05, 4.69) is 211 Å². The van der Waals surface area contributed by atoms with Crippen LogP contribution >= 0.6 is 0 Å². The molecule has 7 aromatic rings. The highest BCUT2D eigenvalue weighted by molar-refractivity contribution is 5.88. The second-order valence-electron chi connectivity index (χ2n) is 16.0. The Kier molecular flexibility index (Phi) is 8.26. The Morgan fingerprint density at radius 1 is 0.423 bits per heavy atom. The van der Waals surface area contributed by atoms with Gasteiger partial charge < -0.3 is 4.90 Å². The second kappa shape index (κ2) is 12.8. The molecule has 7 aromatic carbocycles. The lowest BCUT2D eigenvalue weighted by atomic mass is 9.82. The van der Waals surface area contributed by atoms with Crippen molar-refractivity contribution in [3.8, 4) is 44.5 Å². The maximum atomic E-state index is 2.47. The summed E-state index contributed by atoms with van der Waals surface area (Å²) >= 11 is 0. The Labute approximate surface area is 310 Å². The lowest BCUT2D eigenvalue weighted by molar-refractivity contribution is 0.590. The van der Waals surface area contributed by atoms with E-state index in [1.54, 1.807) is 0 Å². The number of benzene rings is 7. The van der Waals surface area contributed by atoms with Crippen molar-refractivity contribution in [1.29, 1.82) is 0 Å². The third kappa shape index (κ3) is 5.95. The van der Waals surface area contributed by atoms with Crippen molar-refractivity contribution in [2.75, 3.05) is 4.90 Å². The lowest BCUT2D eigenvalue weighted by Gasteiger charge is -2.31. The molecule has 0 fully saturated rings. The van der Waals surface area contributed by atoms with Gasteiger partial charge in [0.05, 0.1) is 5.69 Å². The van der Waals surface area contributed by atoms with E-state index < -0.39 is 0 Å². The van der Waals surface area contributed by atoms with E-state index >= 15 is 0 Å². The first-order valence-corrected chi connectivity index (χ1v) is 18.5. The molecule has 0 aromatic heterocycles. The first kappa shape index (κ1) is 33.5. The Balaban J connectivity index is 1.21. The van der Waals surface area contributed by atoms with Crippen LogP contribution in [0.1, 0.15) is 62.4 Å². The smallest absolute Gasteiger partial charge is 0.0520 e. The van der Waals surface area contributed by atoms with Crippen LogP contribution < -0.4 is 4.90 Å². The van der Waals surface area contributed by atoms with Crippen LogP contribution in [0.15, 0.2) is 158 Å². The highest BCUT2D eigenvalue weighted by atomic mass is 15.1. The minimum Gasteiger partial charge on any atom is -0.310 e. The number of hydrogen-bond donors (Lipinski definition) is 0. The molecule has 8 rings (SSSR count). The summed E-state index contributed by atoms with van der Waals surface area (Å²) in [6, 6.07) is 58.4. The van der Waals surface area contributed by atoms with Gasteiger partial charge in [-0.3, -0.25) is 0 Å². The molecule has 1 heteroatoms. The summed E-state index contributed by atoms with van der Waals surface area (Å²) in [7, 11) is 0. The van der Waals surface area contributed by atoms with Crippen LogP contribution in [0.2, 0.25) is 0 Å². The van der Waals surface area contributed by atoms with Crippen molar-refractivity contribution in [3.63, 3.8) is 0 Å². The van der Waals surface area contributed by atoms with Gasteiger partial charge in [0.2, 0.25) is 0 Å². The monoisotopic (exact) mass is 673 g/mol. The van der Waals surface area contributed by atoms with Crippen molar-refractivity contribution in [1.82, 2.24) is 0 Å². The van der Waals surface area contributed by atoms with Gasteiger partial charge >= 0.3 is 0 Å². The fourth-order valence-corrected chi connectivity index (χ4v) is 8.17. The molecule has 256 valence electrons. The van der Waals surface area contributed by atoms with Gasteiger partial charge in [-0.2, -0.15) is 0 Å². The molecule has 0 amide bonds. The van der Waals surface area contributed by atoms with Crippen molar-refractivity contribution in [3.05, 3.63) is 186 Å². The molecule has 0 unspecified atom stereocenters. The number of nitrogens with zero attached hydrogens (tertiary/aromatic N) is 1. The van der Waals surface area contributed by atoms with Gasteiger partial charge in [0.1, 0.15) is 0 Å². The highest BCUT2D eigenvalue weighted by Crippen LogP contribution is 2.51. The fraction of sp³-hybridized carbons (Fsp3) is 0.176. The quantitative estimate of drug-likeness (QED) is 0.170. The summed E-state index contributed by atoms with van der Waals surface area (Å²) in [6.45, 7) is 16.1. The topological polar surface area (TPSA) is 3.24 Å². The molecular formula is C51H47N. The molecule has 0 N–H and O–H groups in total. The maximum Gasteiger partial charge on any atom is 0.0520 e. The number of anilines is 3. The standard InChI is InChI=1S/C51H47N/c1-34-31-41(40-21-25-42(26-22-40)50(3,4)5)32-35(2)49(34)52(44-29-30-46-45-15-11-12-16-47(45)51(6,7)48(46)33-44)43-27-23-39(24-28-43)38-19-17-37(18-20-38)36-13-9-8-10-14-36/h8-33H,1-7H3. The van der Waals surface area contributed by atoms with E-state index in [-0.39, 0.29) is 10.8 Å². The van der Waals surface area contributed by atoms with Gasteiger partial charge in [-0.15, -0.1) is 0 Å². The van der Waals surface area contributed by atoms with Gasteiger partial charge in [-0.25, -0.2) is 0 Å². The predicted octanol–water partition coefficient (Wildman–Crippen LogP) is 14.4. The Bertz CT molecular complexity index is 2360. The fourth-order valence-electron chi connectivity index (χ4n) is 8.17. The van der Waals surface area contributed by atoms with E-state index in [9.17, 15) is 0 Å². The van der Waals surface area contributed by atoms with Gasteiger partial charge in [-0.05, 0) is 128 Å². The molecule has 0 saturated heterocycles. The summed E-state index contributed by atoms with van der Waals surface area (Å²) in [4.78, 5) is 2.47. The minimum atomic E-state index is -0.0868. The number of aryl methyl sites for hydroxylation is 2. The summed E-state index contributed by atoms with van der Waals surface area (Å²) in [5.74, 6) is 0. The lowest BCUT2D eigenvalue weighted by Crippen LogP contribution is -2.17. The Morgan fingerprint density at radius 2 is 0.885 bits per heavy atom. The zero-order chi connectivity index (χ0) is 36.2. The molecule has 0 atom stereocenters. The summed E-state index contributed by atoms with van der Waals surface area (Å²) in [5.41, 5.74) is 20.3. The Hall–Kier alpha value is -5.66. The number of hydrogen-bond acceptors (Lipinski definition) is 1. The van der Waals surface area contributed by atoms with Gasteiger partial charge in [-0.1, -0.05) is 156 Å². The van der Waals surface area contributed by atoms with E-state index in [1.807, 2.05) is 0 Å². The van der Waals surface area contributed by atoms with Gasteiger partial charge in [0.15, 0.2) is 0 Å². The molecular weight excluding hydrogens is 627 g/mol. The van der Waals surface area contributed by atoms with Crippen molar-refractivity contribution >= 4 is 17.1 Å². The average molecular weight is 674 g/mol. The van der Waals surface area contributed by atoms with Crippen molar-refractivity contribution in [2.45, 2.75) is 59.3 Å². The summed E-state index contributed by atoms with van der Waals surface area (Å²) in [6.07, 6.45) is 0. The van der Waals surface area contributed by atoms with Gasteiger partial charge in [0.25, 0.3) is 0 Å². The van der Waals surface area contributed by atoms with Crippen LogP contribution in [0.25, 0.3) is 44.5 Å². The largest absolute Gasteiger partial charge is 0.310 e. The molecule has 0 saturated carbocycles. The second-order valence-corrected chi connectivity index (χ2v) is 16.0. The van der Waals surface area contributed by atoms with Crippen LogP contribution in [-0.4, -0.2) is 0 Å². The maximum absolute atomic E-state index is 2.47. The third-order valence-corrected chi connectivity index (χ3v) is 11.1.